The van der Waals surface area contributed by atoms with Crippen molar-refractivity contribution in [3.8, 4) is 0 Å². The van der Waals surface area contributed by atoms with E-state index in [1.165, 1.54) is 22.2 Å². The third-order valence-electron chi connectivity index (χ3n) is 3.82. The smallest absolute Gasteiger partial charge is 0.407 e. The number of hydrogen-bond acceptors (Lipinski definition) is 6. The number of aryl methyl sites for hydroxylation is 2. The van der Waals surface area contributed by atoms with Crippen molar-refractivity contribution < 1.29 is 9.53 Å². The largest absolute Gasteiger partial charge is 0.444 e. The Morgan fingerprint density at radius 3 is 2.92 bits per heavy atom. The second-order valence-corrected chi connectivity index (χ2v) is 8.05. The van der Waals surface area contributed by atoms with Gasteiger partial charge in [-0.15, -0.1) is 11.3 Å². The summed E-state index contributed by atoms with van der Waals surface area (Å²) in [6.45, 7) is 6.87. The zero-order valence-corrected chi connectivity index (χ0v) is 15.3. The van der Waals surface area contributed by atoms with Gasteiger partial charge in [0.15, 0.2) is 0 Å². The summed E-state index contributed by atoms with van der Waals surface area (Å²) >= 11 is 1.79. The van der Waals surface area contributed by atoms with E-state index in [2.05, 4.69) is 20.6 Å². The summed E-state index contributed by atoms with van der Waals surface area (Å²) < 4.78 is 5.21. The van der Waals surface area contributed by atoms with Gasteiger partial charge in [0.1, 0.15) is 22.6 Å². The molecular formula is C17H24N4O2S. The molecule has 2 N–H and O–H groups in total. The van der Waals surface area contributed by atoms with Gasteiger partial charge in [-0.1, -0.05) is 0 Å². The fourth-order valence-electron chi connectivity index (χ4n) is 2.86. The van der Waals surface area contributed by atoms with Crippen LogP contribution in [0.3, 0.4) is 0 Å². The molecule has 2 aromatic heterocycles. The number of carbonyl (C=O) groups is 1. The van der Waals surface area contributed by atoms with Crippen molar-refractivity contribution in [2.24, 2.45) is 0 Å². The number of nitrogens with zero attached hydrogens (tertiary/aromatic N) is 2. The molecule has 3 rings (SSSR count). The number of ether oxygens (including phenoxy) is 1. The Balaban J connectivity index is 1.51. The van der Waals surface area contributed by atoms with Gasteiger partial charge >= 0.3 is 6.09 Å². The van der Waals surface area contributed by atoms with Crippen LogP contribution in [-0.4, -0.2) is 34.8 Å². The Morgan fingerprint density at radius 2 is 2.12 bits per heavy atom. The van der Waals surface area contributed by atoms with Gasteiger partial charge in [0.25, 0.3) is 0 Å². The van der Waals surface area contributed by atoms with E-state index in [-0.39, 0.29) is 6.09 Å². The van der Waals surface area contributed by atoms with E-state index in [4.69, 9.17) is 4.74 Å². The molecule has 7 heteroatoms. The predicted octanol–water partition coefficient (Wildman–Crippen LogP) is 3.51. The molecule has 1 aliphatic carbocycles. The van der Waals surface area contributed by atoms with Crippen molar-refractivity contribution in [3.63, 3.8) is 0 Å². The number of anilines is 1. The number of nitrogens with one attached hydrogen (secondary N) is 2. The van der Waals surface area contributed by atoms with Crippen LogP contribution in [0.5, 0.6) is 0 Å². The highest BCUT2D eigenvalue weighted by atomic mass is 32.1. The second kappa shape index (κ2) is 6.93. The van der Waals surface area contributed by atoms with E-state index in [9.17, 15) is 4.79 Å². The Kier molecular flexibility index (Phi) is 4.89. The lowest BCUT2D eigenvalue weighted by molar-refractivity contribution is 0.0528. The van der Waals surface area contributed by atoms with E-state index in [1.54, 1.807) is 17.7 Å². The molecule has 0 aliphatic heterocycles. The molecule has 0 aromatic carbocycles. The van der Waals surface area contributed by atoms with Crippen LogP contribution in [0.4, 0.5) is 10.6 Å². The van der Waals surface area contributed by atoms with Gasteiger partial charge in [0, 0.05) is 18.0 Å². The third-order valence-corrected chi connectivity index (χ3v) is 5.02. The minimum absolute atomic E-state index is 0.373. The molecule has 0 bridgehead atoms. The van der Waals surface area contributed by atoms with Gasteiger partial charge < -0.3 is 15.4 Å². The lowest BCUT2D eigenvalue weighted by Crippen LogP contribution is -2.33. The summed E-state index contributed by atoms with van der Waals surface area (Å²) in [6, 6.07) is 0. The Bertz CT molecular complexity index is 736. The van der Waals surface area contributed by atoms with E-state index >= 15 is 0 Å². The van der Waals surface area contributed by atoms with Crippen LogP contribution in [0.2, 0.25) is 0 Å². The van der Waals surface area contributed by atoms with Crippen LogP contribution in [0, 0.1) is 0 Å². The number of fused-ring (bicyclic) bond motifs is 3. The minimum atomic E-state index is -0.464. The van der Waals surface area contributed by atoms with Gasteiger partial charge in [-0.25, -0.2) is 14.8 Å². The van der Waals surface area contributed by atoms with E-state index < -0.39 is 5.60 Å². The first-order valence-corrected chi connectivity index (χ1v) is 9.21. The number of thiophene rings is 1. The summed E-state index contributed by atoms with van der Waals surface area (Å²) in [5.41, 5.74) is 0.957. The van der Waals surface area contributed by atoms with Crippen LogP contribution >= 0.6 is 11.3 Å². The minimum Gasteiger partial charge on any atom is -0.444 e. The van der Waals surface area contributed by atoms with Crippen LogP contribution in [0.15, 0.2) is 6.33 Å². The van der Waals surface area contributed by atoms with Crippen LogP contribution in [0.1, 0.15) is 44.1 Å². The van der Waals surface area contributed by atoms with E-state index in [1.807, 2.05) is 20.8 Å². The zero-order valence-electron chi connectivity index (χ0n) is 14.4. The molecule has 0 radical (unpaired) electrons. The Labute approximate surface area is 146 Å². The Hall–Kier alpha value is -1.89. The number of amides is 1. The van der Waals surface area contributed by atoms with E-state index in [0.717, 1.165) is 36.5 Å². The maximum Gasteiger partial charge on any atom is 0.407 e. The molecule has 0 atom stereocenters. The summed E-state index contributed by atoms with van der Waals surface area (Å²) in [5, 5.41) is 7.35. The average Bonchev–Trinajstić information content (AvgIpc) is 3.05. The monoisotopic (exact) mass is 348 g/mol. The van der Waals surface area contributed by atoms with Crippen LogP contribution < -0.4 is 10.6 Å². The molecular weight excluding hydrogens is 324 g/mol. The first-order valence-electron chi connectivity index (χ1n) is 8.40. The number of rotatable bonds is 5. The SMILES string of the molecule is CC(C)(C)OC(=O)NCCCNc1ncnc2sc3c(c12)CCC3. The molecule has 1 amide bonds. The van der Waals surface area contributed by atoms with Gasteiger partial charge in [0.2, 0.25) is 0 Å². The van der Waals surface area contributed by atoms with Gasteiger partial charge in [-0.05, 0) is 52.0 Å². The average molecular weight is 348 g/mol. The van der Waals surface area contributed by atoms with Crippen molar-refractivity contribution in [2.75, 3.05) is 18.4 Å². The first-order chi connectivity index (χ1) is 11.4. The molecule has 0 fully saturated rings. The molecule has 0 unspecified atom stereocenters. The van der Waals surface area contributed by atoms with Crippen molar-refractivity contribution in [3.05, 3.63) is 16.8 Å². The molecule has 0 saturated heterocycles. The molecule has 2 heterocycles. The van der Waals surface area contributed by atoms with Crippen LogP contribution in [-0.2, 0) is 17.6 Å². The topological polar surface area (TPSA) is 76.1 Å². The molecule has 2 aromatic rings. The molecule has 1 aliphatic rings. The molecule has 24 heavy (non-hydrogen) atoms. The van der Waals surface area contributed by atoms with Crippen LogP contribution in [0.25, 0.3) is 10.2 Å². The lowest BCUT2D eigenvalue weighted by atomic mass is 10.2. The highest BCUT2D eigenvalue weighted by molar-refractivity contribution is 7.19. The normalized spacial score (nSPS) is 13.8. The van der Waals surface area contributed by atoms with E-state index in [0.29, 0.717) is 6.54 Å². The van der Waals surface area contributed by atoms with Crippen molar-refractivity contribution in [1.82, 2.24) is 15.3 Å². The lowest BCUT2D eigenvalue weighted by Gasteiger charge is -2.19. The molecule has 6 nitrogen and oxygen atoms in total. The highest BCUT2D eigenvalue weighted by Crippen LogP contribution is 2.38. The number of aromatic nitrogens is 2. The zero-order chi connectivity index (χ0) is 17.2. The van der Waals surface area contributed by atoms with Gasteiger partial charge in [-0.3, -0.25) is 0 Å². The van der Waals surface area contributed by atoms with Crippen molar-refractivity contribution >= 4 is 33.5 Å². The second-order valence-electron chi connectivity index (χ2n) is 6.97. The summed E-state index contributed by atoms with van der Waals surface area (Å²) in [4.78, 5) is 22.9. The molecule has 0 spiro atoms. The first kappa shape index (κ1) is 17.0. The van der Waals surface area contributed by atoms with Gasteiger partial charge in [0.05, 0.1) is 5.39 Å². The number of carbonyl (C=O) groups excluding carboxylic acids is 1. The number of hydrogen-bond donors (Lipinski definition) is 2. The summed E-state index contributed by atoms with van der Waals surface area (Å²) in [5.74, 6) is 0.914. The van der Waals surface area contributed by atoms with Gasteiger partial charge in [-0.2, -0.15) is 0 Å². The maximum atomic E-state index is 11.6. The summed E-state index contributed by atoms with van der Waals surface area (Å²) in [7, 11) is 0. The highest BCUT2D eigenvalue weighted by Gasteiger charge is 2.21. The fourth-order valence-corrected chi connectivity index (χ4v) is 4.09. The Morgan fingerprint density at radius 1 is 1.29 bits per heavy atom. The quantitative estimate of drug-likeness (QED) is 0.809. The van der Waals surface area contributed by atoms with Crippen molar-refractivity contribution in [2.45, 2.75) is 52.1 Å². The summed E-state index contributed by atoms with van der Waals surface area (Å²) in [6.07, 6.45) is 5.56. The third kappa shape index (κ3) is 3.95. The molecule has 130 valence electrons. The standard InChI is InChI=1S/C17H24N4O2S/c1-17(2,3)23-16(22)19-9-5-8-18-14-13-11-6-4-7-12(11)24-15(13)21-10-20-14/h10H,4-9H2,1-3H3,(H,19,22)(H,18,20,21). The maximum absolute atomic E-state index is 11.6. The molecule has 0 saturated carbocycles. The number of alkyl carbamates (subject to hydrolysis) is 1. The van der Waals surface area contributed by atoms with Crippen molar-refractivity contribution in [1.29, 1.82) is 0 Å². The predicted molar refractivity (Wildman–Crippen MR) is 96.8 cm³/mol. The fraction of sp³-hybridized carbons (Fsp3) is 0.588.